The molecule has 3 rings (SSSR count). The first-order valence-corrected chi connectivity index (χ1v) is 5.85. The van der Waals surface area contributed by atoms with Crippen LogP contribution in [-0.2, 0) is 6.42 Å². The number of nitrogens with two attached hydrogens (primary N) is 1. The van der Waals surface area contributed by atoms with E-state index in [9.17, 15) is 0 Å². The SMILES string of the molecule is CC1CC(C)C12Cc1ncccc1[C@H]2N. The molecular formula is C13H18N2. The highest BCUT2D eigenvalue weighted by Gasteiger charge is 2.58. The number of nitrogens with zero attached hydrogens (tertiary/aromatic N) is 1. The zero-order valence-electron chi connectivity index (χ0n) is 9.40. The Balaban J connectivity index is 2.06. The number of aromatic nitrogens is 1. The molecule has 0 saturated heterocycles. The van der Waals surface area contributed by atoms with Gasteiger partial charge in [-0.2, -0.15) is 0 Å². The first kappa shape index (κ1) is 9.34. The summed E-state index contributed by atoms with van der Waals surface area (Å²) in [5, 5.41) is 0. The van der Waals surface area contributed by atoms with Gasteiger partial charge in [-0.1, -0.05) is 19.9 Å². The Morgan fingerprint density at radius 2 is 2.13 bits per heavy atom. The molecule has 2 aliphatic rings. The molecule has 2 nitrogen and oxygen atoms in total. The molecule has 0 bridgehead atoms. The molecule has 1 aromatic rings. The van der Waals surface area contributed by atoms with E-state index in [1.807, 2.05) is 12.3 Å². The van der Waals surface area contributed by atoms with Crippen LogP contribution >= 0.6 is 0 Å². The van der Waals surface area contributed by atoms with Crippen molar-refractivity contribution in [1.82, 2.24) is 4.98 Å². The fourth-order valence-corrected chi connectivity index (χ4v) is 3.83. The van der Waals surface area contributed by atoms with Crippen LogP contribution in [0.2, 0.25) is 0 Å². The highest BCUT2D eigenvalue weighted by atomic mass is 14.8. The van der Waals surface area contributed by atoms with Crippen LogP contribution in [0.3, 0.4) is 0 Å². The van der Waals surface area contributed by atoms with Crippen molar-refractivity contribution in [3.63, 3.8) is 0 Å². The number of hydrogen-bond donors (Lipinski definition) is 1. The number of rotatable bonds is 0. The Morgan fingerprint density at radius 1 is 1.40 bits per heavy atom. The summed E-state index contributed by atoms with van der Waals surface area (Å²) in [5.41, 5.74) is 9.27. The highest BCUT2D eigenvalue weighted by Crippen LogP contribution is 2.62. The smallest absolute Gasteiger partial charge is 0.0457 e. The Kier molecular flexibility index (Phi) is 1.76. The highest BCUT2D eigenvalue weighted by molar-refractivity contribution is 5.35. The molecule has 2 unspecified atom stereocenters. The standard InChI is InChI=1S/C13H18N2/c1-8-6-9(2)13(8)7-11-10(12(13)14)4-3-5-15-11/h3-5,8-9,12H,6-7,14H2,1-2H3/t8?,9?,12-,13?/m1/s1. The maximum absolute atomic E-state index is 6.43. The third kappa shape index (κ3) is 0.957. The topological polar surface area (TPSA) is 38.9 Å². The van der Waals surface area contributed by atoms with Crippen molar-refractivity contribution in [1.29, 1.82) is 0 Å². The van der Waals surface area contributed by atoms with Gasteiger partial charge in [-0.25, -0.2) is 0 Å². The van der Waals surface area contributed by atoms with Gasteiger partial charge in [-0.15, -0.1) is 0 Å². The second-order valence-corrected chi connectivity index (χ2v) is 5.34. The van der Waals surface area contributed by atoms with E-state index < -0.39 is 0 Å². The summed E-state index contributed by atoms with van der Waals surface area (Å²) in [5.74, 6) is 1.49. The van der Waals surface area contributed by atoms with Gasteiger partial charge in [0.1, 0.15) is 0 Å². The second-order valence-electron chi connectivity index (χ2n) is 5.34. The fraction of sp³-hybridized carbons (Fsp3) is 0.615. The molecule has 0 aromatic carbocycles. The average Bonchev–Trinajstić information content (AvgIpc) is 2.56. The summed E-state index contributed by atoms with van der Waals surface area (Å²) < 4.78 is 0. The second kappa shape index (κ2) is 2.82. The van der Waals surface area contributed by atoms with E-state index in [0.717, 1.165) is 18.3 Å². The third-order valence-electron chi connectivity index (χ3n) is 4.86. The van der Waals surface area contributed by atoms with Gasteiger partial charge in [0.2, 0.25) is 0 Å². The lowest BCUT2D eigenvalue weighted by atomic mass is 9.51. The normalized spacial score (nSPS) is 42.7. The van der Waals surface area contributed by atoms with Gasteiger partial charge in [0.05, 0.1) is 0 Å². The summed E-state index contributed by atoms with van der Waals surface area (Å²) in [6.07, 6.45) is 4.30. The van der Waals surface area contributed by atoms with E-state index in [0.29, 0.717) is 5.41 Å². The molecule has 15 heavy (non-hydrogen) atoms. The minimum atomic E-state index is 0.208. The van der Waals surface area contributed by atoms with Gasteiger partial charge in [-0.3, -0.25) is 4.98 Å². The Labute approximate surface area is 90.9 Å². The lowest BCUT2D eigenvalue weighted by molar-refractivity contribution is -0.0464. The maximum atomic E-state index is 6.43. The Morgan fingerprint density at radius 3 is 2.73 bits per heavy atom. The van der Waals surface area contributed by atoms with Crippen molar-refractivity contribution in [3.05, 3.63) is 29.6 Å². The van der Waals surface area contributed by atoms with Gasteiger partial charge in [0.25, 0.3) is 0 Å². The maximum Gasteiger partial charge on any atom is 0.0457 e. The molecule has 2 heteroatoms. The molecule has 0 aliphatic heterocycles. The molecule has 1 fully saturated rings. The molecule has 2 N–H and O–H groups in total. The van der Waals surface area contributed by atoms with Crippen molar-refractivity contribution in [3.8, 4) is 0 Å². The molecule has 1 aromatic heterocycles. The Bertz CT molecular complexity index is 391. The van der Waals surface area contributed by atoms with Crippen LogP contribution in [0, 0.1) is 17.3 Å². The predicted octanol–water partition coefficient (Wildman–Crippen LogP) is 2.30. The molecule has 1 heterocycles. The zero-order chi connectivity index (χ0) is 10.6. The van der Waals surface area contributed by atoms with E-state index in [2.05, 4.69) is 24.9 Å². The number of fused-ring (bicyclic) bond motifs is 1. The first-order chi connectivity index (χ1) is 7.16. The van der Waals surface area contributed by atoms with Crippen molar-refractivity contribution in [2.75, 3.05) is 0 Å². The van der Waals surface area contributed by atoms with Gasteiger partial charge < -0.3 is 5.73 Å². The van der Waals surface area contributed by atoms with E-state index in [1.165, 1.54) is 17.7 Å². The minimum absolute atomic E-state index is 0.208. The van der Waals surface area contributed by atoms with Gasteiger partial charge >= 0.3 is 0 Å². The van der Waals surface area contributed by atoms with Crippen LogP contribution in [-0.4, -0.2) is 4.98 Å². The molecule has 1 saturated carbocycles. The molecule has 80 valence electrons. The van der Waals surface area contributed by atoms with Crippen molar-refractivity contribution >= 4 is 0 Å². The predicted molar refractivity (Wildman–Crippen MR) is 60.2 cm³/mol. The summed E-state index contributed by atoms with van der Waals surface area (Å²) in [4.78, 5) is 4.48. The first-order valence-electron chi connectivity index (χ1n) is 5.85. The molecule has 2 aliphatic carbocycles. The van der Waals surface area contributed by atoms with Crippen LogP contribution in [0.5, 0.6) is 0 Å². The quantitative estimate of drug-likeness (QED) is 0.701. The summed E-state index contributed by atoms with van der Waals surface area (Å²) in [7, 11) is 0. The summed E-state index contributed by atoms with van der Waals surface area (Å²) in [6.45, 7) is 4.68. The zero-order valence-corrected chi connectivity index (χ0v) is 9.40. The lowest BCUT2D eigenvalue weighted by Crippen LogP contribution is -2.51. The van der Waals surface area contributed by atoms with E-state index in [-0.39, 0.29) is 6.04 Å². The van der Waals surface area contributed by atoms with Crippen LogP contribution in [0.15, 0.2) is 18.3 Å². The lowest BCUT2D eigenvalue weighted by Gasteiger charge is -2.54. The van der Waals surface area contributed by atoms with Crippen LogP contribution < -0.4 is 5.73 Å². The van der Waals surface area contributed by atoms with E-state index in [1.54, 1.807) is 0 Å². The Hall–Kier alpha value is -0.890. The number of pyridine rings is 1. The van der Waals surface area contributed by atoms with Gasteiger partial charge in [-0.05, 0) is 36.3 Å². The molecular weight excluding hydrogens is 184 g/mol. The van der Waals surface area contributed by atoms with Crippen molar-refractivity contribution in [2.24, 2.45) is 23.0 Å². The van der Waals surface area contributed by atoms with Crippen LogP contribution in [0.1, 0.15) is 37.6 Å². The van der Waals surface area contributed by atoms with Gasteiger partial charge in [0, 0.05) is 23.3 Å². The largest absolute Gasteiger partial charge is 0.323 e. The average molecular weight is 202 g/mol. The van der Waals surface area contributed by atoms with Crippen molar-refractivity contribution < 1.29 is 0 Å². The summed E-state index contributed by atoms with van der Waals surface area (Å²) in [6, 6.07) is 4.37. The monoisotopic (exact) mass is 202 g/mol. The third-order valence-corrected chi connectivity index (χ3v) is 4.86. The van der Waals surface area contributed by atoms with E-state index >= 15 is 0 Å². The minimum Gasteiger partial charge on any atom is -0.323 e. The van der Waals surface area contributed by atoms with Crippen molar-refractivity contribution in [2.45, 2.75) is 32.7 Å². The van der Waals surface area contributed by atoms with E-state index in [4.69, 9.17) is 5.73 Å². The molecule has 0 amide bonds. The summed E-state index contributed by atoms with van der Waals surface area (Å²) >= 11 is 0. The molecule has 1 spiro atoms. The van der Waals surface area contributed by atoms with Crippen LogP contribution in [0.25, 0.3) is 0 Å². The van der Waals surface area contributed by atoms with Gasteiger partial charge in [0.15, 0.2) is 0 Å². The molecule has 0 radical (unpaired) electrons. The number of hydrogen-bond acceptors (Lipinski definition) is 2. The molecule has 3 atom stereocenters. The van der Waals surface area contributed by atoms with Crippen LogP contribution in [0.4, 0.5) is 0 Å². The fourth-order valence-electron chi connectivity index (χ4n) is 3.83.